The van der Waals surface area contributed by atoms with Crippen LogP contribution in [0.15, 0.2) is 84.9 Å². The maximum atomic E-state index is 12.9. The Bertz CT molecular complexity index is 1010. The average molecular weight is 409 g/mol. The van der Waals surface area contributed by atoms with E-state index in [0.29, 0.717) is 11.3 Å². The lowest BCUT2D eigenvalue weighted by Gasteiger charge is -2.24. The number of hydrogen-bond donors (Lipinski definition) is 2. The molecule has 0 saturated heterocycles. The van der Waals surface area contributed by atoms with E-state index in [-0.39, 0.29) is 11.8 Å². The molecule has 3 aromatic carbocycles. The van der Waals surface area contributed by atoms with Crippen LogP contribution in [0.2, 0.25) is 0 Å². The lowest BCUT2D eigenvalue weighted by atomic mass is 9.96. The van der Waals surface area contributed by atoms with E-state index in [1.165, 1.54) is 0 Å². The summed E-state index contributed by atoms with van der Waals surface area (Å²) >= 11 is 0. The summed E-state index contributed by atoms with van der Waals surface area (Å²) in [6.45, 7) is 1.84. The molecule has 0 bridgehead atoms. The summed E-state index contributed by atoms with van der Waals surface area (Å²) in [4.78, 5) is 12.9. The summed E-state index contributed by atoms with van der Waals surface area (Å²) in [6.07, 6.45) is 1.09. The van der Waals surface area contributed by atoms with E-state index in [9.17, 15) is 13.2 Å². The van der Waals surface area contributed by atoms with Crippen molar-refractivity contribution in [3.05, 3.63) is 102 Å². The zero-order valence-corrected chi connectivity index (χ0v) is 17.2. The molecule has 0 radical (unpaired) electrons. The fraction of sp³-hybridized carbons (Fsp3) is 0.174. The third-order valence-corrected chi connectivity index (χ3v) is 5.15. The van der Waals surface area contributed by atoms with Crippen LogP contribution in [-0.2, 0) is 10.0 Å². The largest absolute Gasteiger partial charge is 0.297 e. The van der Waals surface area contributed by atoms with E-state index < -0.39 is 16.1 Å². The van der Waals surface area contributed by atoms with Gasteiger partial charge in [-0.05, 0) is 42.3 Å². The highest BCUT2D eigenvalue weighted by Gasteiger charge is 2.21. The van der Waals surface area contributed by atoms with Gasteiger partial charge in [0.05, 0.1) is 18.3 Å². The molecule has 0 aliphatic rings. The van der Waals surface area contributed by atoms with Crippen molar-refractivity contribution in [1.82, 2.24) is 5.32 Å². The molecule has 5 nitrogen and oxygen atoms in total. The molecule has 2 N–H and O–H groups in total. The molecule has 3 rings (SSSR count). The topological polar surface area (TPSA) is 75.3 Å². The number of benzene rings is 3. The zero-order valence-electron chi connectivity index (χ0n) is 16.4. The second-order valence-corrected chi connectivity index (χ2v) is 8.71. The van der Waals surface area contributed by atoms with Crippen LogP contribution in [0.4, 0.5) is 5.69 Å². The molecule has 0 aliphatic heterocycles. The molecule has 29 heavy (non-hydrogen) atoms. The van der Waals surface area contributed by atoms with Crippen LogP contribution in [-0.4, -0.2) is 26.5 Å². The van der Waals surface area contributed by atoms with Crippen molar-refractivity contribution in [2.45, 2.75) is 19.0 Å². The van der Waals surface area contributed by atoms with Crippen LogP contribution in [0.25, 0.3) is 0 Å². The number of anilines is 1. The summed E-state index contributed by atoms with van der Waals surface area (Å²) in [7, 11) is -3.35. The highest BCUT2D eigenvalue weighted by Crippen LogP contribution is 2.23. The van der Waals surface area contributed by atoms with Gasteiger partial charge < -0.3 is 0 Å². The molecule has 0 aromatic heterocycles. The van der Waals surface area contributed by atoms with Crippen molar-refractivity contribution >= 4 is 21.5 Å². The van der Waals surface area contributed by atoms with Crippen molar-refractivity contribution < 1.29 is 13.2 Å². The number of ketones is 1. The first kappa shape index (κ1) is 20.8. The quantitative estimate of drug-likeness (QED) is 0.552. The Hall–Kier alpha value is -2.96. The van der Waals surface area contributed by atoms with Gasteiger partial charge in [0.25, 0.3) is 0 Å². The summed E-state index contributed by atoms with van der Waals surface area (Å²) in [6, 6.07) is 25.9. The van der Waals surface area contributed by atoms with E-state index in [1.54, 1.807) is 24.3 Å². The maximum absolute atomic E-state index is 12.9. The first-order valence-corrected chi connectivity index (χ1v) is 11.2. The Morgan fingerprint density at radius 2 is 1.28 bits per heavy atom. The van der Waals surface area contributed by atoms with Crippen LogP contribution in [0.1, 0.15) is 34.5 Å². The van der Waals surface area contributed by atoms with Gasteiger partial charge in [-0.15, -0.1) is 0 Å². The number of rotatable bonds is 8. The normalized spacial score (nSPS) is 12.5. The lowest BCUT2D eigenvalue weighted by Crippen LogP contribution is -2.37. The number of sulfonamides is 1. The second-order valence-electron chi connectivity index (χ2n) is 6.96. The van der Waals surface area contributed by atoms with Gasteiger partial charge in [0, 0.05) is 11.3 Å². The molecule has 0 amide bonds. The number of Topliss-reactive ketones (excluding diaryl/α,β-unsaturated/α-hetero) is 1. The molecule has 1 atom stereocenters. The highest BCUT2D eigenvalue weighted by atomic mass is 32.2. The number of hydrogen-bond acceptors (Lipinski definition) is 4. The molecule has 0 spiro atoms. The molecule has 0 saturated carbocycles. The molecular formula is C23H24N2O3S. The Balaban J connectivity index is 1.79. The number of carbonyl (C=O) groups is 1. The van der Waals surface area contributed by atoms with Crippen LogP contribution in [0.5, 0.6) is 0 Å². The summed E-state index contributed by atoms with van der Waals surface area (Å²) in [5, 5.41) is 3.44. The Morgan fingerprint density at radius 3 is 1.72 bits per heavy atom. The van der Waals surface area contributed by atoms with Gasteiger partial charge in [0.15, 0.2) is 5.78 Å². The van der Waals surface area contributed by atoms with Gasteiger partial charge in [-0.3, -0.25) is 14.8 Å². The van der Waals surface area contributed by atoms with Gasteiger partial charge in [0.2, 0.25) is 10.0 Å². The molecule has 0 heterocycles. The zero-order chi connectivity index (χ0) is 20.9. The number of nitrogens with one attached hydrogen (secondary N) is 2. The molecule has 150 valence electrons. The highest BCUT2D eigenvalue weighted by molar-refractivity contribution is 7.92. The van der Waals surface area contributed by atoms with E-state index >= 15 is 0 Å². The lowest BCUT2D eigenvalue weighted by molar-refractivity contribution is 0.0947. The first-order valence-electron chi connectivity index (χ1n) is 9.31. The predicted octanol–water partition coefficient (Wildman–Crippen LogP) is 4.01. The fourth-order valence-corrected chi connectivity index (χ4v) is 3.73. The van der Waals surface area contributed by atoms with Crippen LogP contribution >= 0.6 is 0 Å². The van der Waals surface area contributed by atoms with Crippen molar-refractivity contribution in [1.29, 1.82) is 0 Å². The first-order chi connectivity index (χ1) is 13.8. The van der Waals surface area contributed by atoms with Crippen LogP contribution in [0, 0.1) is 0 Å². The van der Waals surface area contributed by atoms with Crippen LogP contribution in [0.3, 0.4) is 0 Å². The summed E-state index contributed by atoms with van der Waals surface area (Å²) in [5.74, 6) is -0.0623. The van der Waals surface area contributed by atoms with Gasteiger partial charge in [-0.25, -0.2) is 8.42 Å². The number of carbonyl (C=O) groups excluding carboxylic acids is 1. The van der Waals surface area contributed by atoms with Crippen molar-refractivity contribution in [2.75, 3.05) is 11.0 Å². The minimum atomic E-state index is -3.35. The minimum absolute atomic E-state index is 0.0623. The van der Waals surface area contributed by atoms with E-state index in [1.807, 2.05) is 67.6 Å². The third-order valence-electron chi connectivity index (χ3n) is 4.55. The molecular weight excluding hydrogens is 384 g/mol. The standard InChI is InChI=1S/C23H24N2O3S/c1-17(23(26)20-13-15-21(16-14-20)25-29(2,27)28)24-22(18-9-5-3-6-10-18)19-11-7-4-8-12-19/h3-17,22,24-25H,1-2H3/t17-/m0/s1. The Morgan fingerprint density at radius 1 is 0.793 bits per heavy atom. The summed E-state index contributed by atoms with van der Waals surface area (Å²) in [5.41, 5.74) is 3.09. The van der Waals surface area contributed by atoms with Gasteiger partial charge in [0.1, 0.15) is 0 Å². The van der Waals surface area contributed by atoms with E-state index in [0.717, 1.165) is 17.4 Å². The molecule has 6 heteroatoms. The SMILES string of the molecule is C[C@H](NC(c1ccccc1)c1ccccc1)C(=O)c1ccc(NS(C)(=O)=O)cc1. The minimum Gasteiger partial charge on any atom is -0.297 e. The Labute approximate surface area is 171 Å². The second kappa shape index (κ2) is 9.03. The predicted molar refractivity (Wildman–Crippen MR) is 117 cm³/mol. The van der Waals surface area contributed by atoms with Gasteiger partial charge in [-0.2, -0.15) is 0 Å². The summed E-state index contributed by atoms with van der Waals surface area (Å²) < 4.78 is 25.1. The average Bonchev–Trinajstić information content (AvgIpc) is 2.72. The molecule has 3 aromatic rings. The van der Waals surface area contributed by atoms with Gasteiger partial charge >= 0.3 is 0 Å². The fourth-order valence-electron chi connectivity index (χ4n) is 3.17. The molecule has 0 unspecified atom stereocenters. The molecule has 0 aliphatic carbocycles. The van der Waals surface area contributed by atoms with E-state index in [4.69, 9.17) is 0 Å². The molecule has 0 fully saturated rings. The van der Waals surface area contributed by atoms with Crippen molar-refractivity contribution in [3.63, 3.8) is 0 Å². The maximum Gasteiger partial charge on any atom is 0.229 e. The smallest absolute Gasteiger partial charge is 0.229 e. The van der Waals surface area contributed by atoms with Crippen molar-refractivity contribution in [2.24, 2.45) is 0 Å². The third kappa shape index (κ3) is 5.76. The monoisotopic (exact) mass is 408 g/mol. The van der Waals surface area contributed by atoms with Crippen molar-refractivity contribution in [3.8, 4) is 0 Å². The Kier molecular flexibility index (Phi) is 6.46. The van der Waals surface area contributed by atoms with E-state index in [2.05, 4.69) is 10.0 Å². The van der Waals surface area contributed by atoms with Gasteiger partial charge in [-0.1, -0.05) is 60.7 Å². The van der Waals surface area contributed by atoms with Crippen LogP contribution < -0.4 is 10.0 Å².